The van der Waals surface area contributed by atoms with E-state index in [4.69, 9.17) is 60.0 Å². The van der Waals surface area contributed by atoms with Crippen molar-refractivity contribution in [3.05, 3.63) is 0 Å². The maximum atomic E-state index is 8.56. The Morgan fingerprint density at radius 2 is 0.412 bits per heavy atom. The summed E-state index contributed by atoms with van der Waals surface area (Å²) in [5.41, 5.74) is 0. The van der Waals surface area contributed by atoms with Gasteiger partial charge in [-0.3, -0.25) is 0 Å². The van der Waals surface area contributed by atoms with Gasteiger partial charge in [0.05, 0.1) is 0 Å². The van der Waals surface area contributed by atoms with Gasteiger partial charge in [0.1, 0.15) is 0 Å². The molecule has 0 radical (unpaired) electrons. The van der Waals surface area contributed by atoms with Gasteiger partial charge in [0, 0.05) is 31.1 Å². The molecule has 0 saturated carbocycles. The molecule has 12 nitrogen and oxygen atoms in total. The third-order valence-corrected chi connectivity index (χ3v) is 0. The fraction of sp³-hybridized carbons (Fsp3) is 0. The predicted octanol–water partition coefficient (Wildman–Crippen LogP) is 0.890. The third-order valence-electron chi connectivity index (χ3n) is 0. The molecule has 0 amide bonds. The molecule has 17 heavy (non-hydrogen) atoms. The average Bonchev–Trinajstić information content (AvgIpc) is 1.76. The van der Waals surface area contributed by atoms with Crippen molar-refractivity contribution in [2.45, 2.75) is 0 Å². The van der Waals surface area contributed by atoms with Crippen LogP contribution >= 0.6 is 0 Å². The van der Waals surface area contributed by atoms with Crippen molar-refractivity contribution in [1.29, 1.82) is 0 Å². The van der Waals surface area contributed by atoms with E-state index in [0.717, 1.165) is 0 Å². The van der Waals surface area contributed by atoms with Crippen molar-refractivity contribution in [3.8, 4) is 0 Å². The molecule has 0 aromatic rings. The van der Waals surface area contributed by atoms with Crippen LogP contribution in [0, 0.1) is 31.1 Å². The van der Waals surface area contributed by atoms with Crippen LogP contribution in [0.2, 0.25) is 0 Å². The normalized spacial score (nSPS) is 5.65. The fourth-order valence-electron chi connectivity index (χ4n) is 0. The second-order valence-electron chi connectivity index (χ2n) is 1.13. The van der Waals surface area contributed by atoms with Gasteiger partial charge >= 0.3 is 24.6 Å². The molecule has 0 aliphatic carbocycles. The first-order valence-electron chi connectivity index (χ1n) is 2.61. The Balaban J connectivity index is -0.0000000369. The molecule has 0 bridgehead atoms. The molecule has 0 aliphatic rings. The first kappa shape index (κ1) is 29.4. The molecule has 0 spiro atoms. The molecule has 0 aromatic heterocycles. The zero-order chi connectivity index (χ0) is 14.3. The van der Waals surface area contributed by atoms with E-state index in [9.17, 15) is 0 Å². The first-order valence-corrected chi connectivity index (χ1v) is 2.61. The first-order chi connectivity index (χ1) is 6.93. The average molecular weight is 486 g/mol. The van der Waals surface area contributed by atoms with Crippen molar-refractivity contribution in [2.75, 3.05) is 0 Å². The summed E-state index contributed by atoms with van der Waals surface area (Å²) in [5, 5.41) is 55.8. The van der Waals surface area contributed by atoms with Crippen LogP contribution in [-0.2, 0) is 0 Å². The fourth-order valence-corrected chi connectivity index (χ4v) is 0. The minimum absolute atomic E-state index is 0. The van der Waals surface area contributed by atoms with Crippen molar-refractivity contribution in [3.63, 3.8) is 0 Å². The SMILES string of the molecule is O=C(O)O.O=C(O)O.O=C(O)O.O=C(O)O.[U]. The Bertz CT molecular complexity index is 159. The van der Waals surface area contributed by atoms with Crippen LogP contribution in [0.3, 0.4) is 0 Å². The van der Waals surface area contributed by atoms with Crippen LogP contribution in [0.4, 0.5) is 19.2 Å². The third kappa shape index (κ3) is 596. The van der Waals surface area contributed by atoms with Gasteiger partial charge in [-0.2, -0.15) is 0 Å². The van der Waals surface area contributed by atoms with E-state index in [2.05, 4.69) is 0 Å². The molecule has 8 N–H and O–H groups in total. The standard InChI is InChI=1S/4CH2O3.U/c4*2-1(3)4;/h4*(H2,2,3,4);. The number of carboxylic acid groups (broad SMARTS) is 8. The summed E-state index contributed by atoms with van der Waals surface area (Å²) in [4.78, 5) is 34.2. The van der Waals surface area contributed by atoms with Gasteiger partial charge in [0.25, 0.3) is 0 Å². The van der Waals surface area contributed by atoms with Gasteiger partial charge in [-0.25, -0.2) is 19.2 Å². The Hall–Kier alpha value is -1.87. The molecule has 0 heterocycles. The Kier molecular flexibility index (Phi) is 41.1. The van der Waals surface area contributed by atoms with Crippen LogP contribution in [0.15, 0.2) is 0 Å². The molecule has 0 aliphatic heterocycles. The van der Waals surface area contributed by atoms with Crippen molar-refractivity contribution in [2.24, 2.45) is 0 Å². The van der Waals surface area contributed by atoms with E-state index in [-0.39, 0.29) is 31.1 Å². The molecule has 13 heteroatoms. The summed E-state index contributed by atoms with van der Waals surface area (Å²) < 4.78 is 0. The summed E-state index contributed by atoms with van der Waals surface area (Å²) in [6.45, 7) is 0. The van der Waals surface area contributed by atoms with Crippen molar-refractivity contribution >= 4 is 24.6 Å². The minimum Gasteiger partial charge on any atom is -0.450 e. The van der Waals surface area contributed by atoms with Gasteiger partial charge in [0.2, 0.25) is 0 Å². The monoisotopic (exact) mass is 486 g/mol. The van der Waals surface area contributed by atoms with E-state index >= 15 is 0 Å². The molecular weight excluding hydrogens is 478 g/mol. The second kappa shape index (κ2) is 23.7. The Morgan fingerprint density at radius 3 is 0.412 bits per heavy atom. The minimum atomic E-state index is -1.83. The Morgan fingerprint density at radius 1 is 0.412 bits per heavy atom. The van der Waals surface area contributed by atoms with Gasteiger partial charge in [-0.15, -0.1) is 0 Å². The summed E-state index contributed by atoms with van der Waals surface area (Å²) in [6.07, 6.45) is -7.33. The van der Waals surface area contributed by atoms with Crippen LogP contribution in [0.25, 0.3) is 0 Å². The zero-order valence-electron chi connectivity index (χ0n) is 7.71. The van der Waals surface area contributed by atoms with Crippen LogP contribution in [0.1, 0.15) is 0 Å². The summed E-state index contributed by atoms with van der Waals surface area (Å²) in [7, 11) is 0. The number of hydrogen-bond donors (Lipinski definition) is 8. The summed E-state index contributed by atoms with van der Waals surface area (Å²) in [5.74, 6) is 0. The van der Waals surface area contributed by atoms with E-state index in [0.29, 0.717) is 0 Å². The van der Waals surface area contributed by atoms with Crippen LogP contribution in [-0.4, -0.2) is 65.5 Å². The van der Waals surface area contributed by atoms with Gasteiger partial charge in [-0.1, -0.05) is 0 Å². The largest absolute Gasteiger partial charge is 0.503 e. The van der Waals surface area contributed by atoms with E-state index in [1.54, 1.807) is 0 Å². The number of hydrogen-bond acceptors (Lipinski definition) is 4. The van der Waals surface area contributed by atoms with Gasteiger partial charge in [0.15, 0.2) is 0 Å². The molecular formula is C4H8O12U. The maximum Gasteiger partial charge on any atom is 0.503 e. The molecule has 0 fully saturated rings. The van der Waals surface area contributed by atoms with Gasteiger partial charge in [-0.05, 0) is 0 Å². The quantitative estimate of drug-likeness (QED) is 0.239. The molecule has 0 unspecified atom stereocenters. The number of rotatable bonds is 0. The van der Waals surface area contributed by atoms with E-state index < -0.39 is 24.6 Å². The van der Waals surface area contributed by atoms with Crippen molar-refractivity contribution < 1.29 is 91.1 Å². The topological polar surface area (TPSA) is 230 Å². The van der Waals surface area contributed by atoms with Crippen LogP contribution < -0.4 is 0 Å². The smallest absolute Gasteiger partial charge is 0.450 e. The number of carbonyl (C=O) groups is 4. The van der Waals surface area contributed by atoms with E-state index in [1.807, 2.05) is 0 Å². The molecule has 0 rings (SSSR count). The zero-order valence-corrected chi connectivity index (χ0v) is 11.9. The van der Waals surface area contributed by atoms with Crippen LogP contribution in [0.5, 0.6) is 0 Å². The summed E-state index contributed by atoms with van der Waals surface area (Å²) >= 11 is 0. The van der Waals surface area contributed by atoms with Gasteiger partial charge < -0.3 is 40.9 Å². The van der Waals surface area contributed by atoms with E-state index in [1.165, 1.54) is 0 Å². The molecule has 0 aromatic carbocycles. The second-order valence-corrected chi connectivity index (χ2v) is 1.13. The Labute approximate surface area is 116 Å². The predicted molar refractivity (Wildman–Crippen MR) is 42.6 cm³/mol. The maximum absolute atomic E-state index is 8.56. The summed E-state index contributed by atoms with van der Waals surface area (Å²) in [6, 6.07) is 0. The molecule has 0 atom stereocenters. The molecule has 100 valence electrons. The molecule has 0 saturated heterocycles. The van der Waals surface area contributed by atoms with Crippen molar-refractivity contribution in [1.82, 2.24) is 0 Å².